The third kappa shape index (κ3) is 3.27. The van der Waals surface area contributed by atoms with E-state index in [-0.39, 0.29) is 18.4 Å². The maximum Gasteiger partial charge on any atom is 0.332 e. The molecule has 1 unspecified atom stereocenters. The highest BCUT2D eigenvalue weighted by Crippen LogP contribution is 2.25. The molecule has 4 amide bonds. The minimum Gasteiger partial charge on any atom is -0.354 e. The third-order valence-corrected chi connectivity index (χ3v) is 3.49. The number of amides is 4. The zero-order valence-electron chi connectivity index (χ0n) is 13.1. The minimum absolute atomic E-state index is 0.238. The van der Waals surface area contributed by atoms with E-state index in [1.807, 2.05) is 19.9 Å². The van der Waals surface area contributed by atoms with E-state index in [2.05, 4.69) is 5.32 Å². The van der Waals surface area contributed by atoms with Crippen LogP contribution in [0.3, 0.4) is 0 Å². The Balaban J connectivity index is 2.09. The van der Waals surface area contributed by atoms with Crippen molar-refractivity contribution in [1.29, 1.82) is 0 Å². The van der Waals surface area contributed by atoms with Crippen LogP contribution in [0.5, 0.6) is 0 Å². The molecule has 0 bridgehead atoms. The molecular weight excluding hydrogens is 282 g/mol. The first-order valence-corrected chi connectivity index (χ1v) is 7.38. The van der Waals surface area contributed by atoms with Crippen molar-refractivity contribution in [1.82, 2.24) is 10.2 Å². The monoisotopic (exact) mass is 303 g/mol. The summed E-state index contributed by atoms with van der Waals surface area (Å²) in [6, 6.07) is 7.92. The Bertz CT molecular complexity index is 571. The van der Waals surface area contributed by atoms with Gasteiger partial charge in [0.05, 0.1) is 0 Å². The van der Waals surface area contributed by atoms with Crippen molar-refractivity contribution in [2.45, 2.75) is 26.8 Å². The van der Waals surface area contributed by atoms with Crippen LogP contribution >= 0.6 is 0 Å². The summed E-state index contributed by atoms with van der Waals surface area (Å²) in [4.78, 5) is 39.0. The molecule has 118 valence electrons. The van der Waals surface area contributed by atoms with Crippen molar-refractivity contribution in [2.75, 3.05) is 18.0 Å². The van der Waals surface area contributed by atoms with Crippen LogP contribution in [0.1, 0.15) is 20.8 Å². The highest BCUT2D eigenvalue weighted by atomic mass is 16.2. The van der Waals surface area contributed by atoms with Gasteiger partial charge in [-0.1, -0.05) is 32.0 Å². The Morgan fingerprint density at radius 2 is 1.86 bits per heavy atom. The lowest BCUT2D eigenvalue weighted by Crippen LogP contribution is -2.42. The fourth-order valence-electron chi connectivity index (χ4n) is 2.31. The van der Waals surface area contributed by atoms with Gasteiger partial charge in [0.15, 0.2) is 0 Å². The van der Waals surface area contributed by atoms with Gasteiger partial charge in [-0.05, 0) is 25.0 Å². The maximum atomic E-state index is 12.5. The molecule has 0 radical (unpaired) electrons. The van der Waals surface area contributed by atoms with E-state index in [0.29, 0.717) is 18.2 Å². The van der Waals surface area contributed by atoms with Gasteiger partial charge < -0.3 is 5.32 Å². The number of nitrogens with zero attached hydrogens (tertiary/aromatic N) is 2. The van der Waals surface area contributed by atoms with E-state index in [1.165, 1.54) is 4.90 Å². The van der Waals surface area contributed by atoms with Crippen LogP contribution in [0.2, 0.25) is 0 Å². The standard InChI is InChI=1S/C16H21N3O3/c1-11(2)9-17-14(20)10-18-15(21)12(3)19(16(18)22)13-7-5-4-6-8-13/h4-8,11-12H,9-10H2,1-3H3,(H,17,20). The summed E-state index contributed by atoms with van der Waals surface area (Å²) in [5, 5.41) is 2.72. The summed E-state index contributed by atoms with van der Waals surface area (Å²) in [5.74, 6) is -0.361. The van der Waals surface area contributed by atoms with E-state index in [0.717, 1.165) is 4.90 Å². The van der Waals surface area contributed by atoms with Crippen LogP contribution in [0.15, 0.2) is 30.3 Å². The number of hydrogen-bond donors (Lipinski definition) is 1. The Morgan fingerprint density at radius 3 is 2.45 bits per heavy atom. The summed E-state index contributed by atoms with van der Waals surface area (Å²) >= 11 is 0. The normalized spacial score (nSPS) is 18.3. The van der Waals surface area contributed by atoms with E-state index >= 15 is 0 Å². The number of benzene rings is 1. The molecule has 1 aliphatic heterocycles. The van der Waals surface area contributed by atoms with Gasteiger partial charge in [-0.2, -0.15) is 0 Å². The summed E-state index contributed by atoms with van der Waals surface area (Å²) in [6.45, 7) is 5.90. The zero-order chi connectivity index (χ0) is 16.3. The largest absolute Gasteiger partial charge is 0.354 e. The molecule has 22 heavy (non-hydrogen) atoms. The van der Waals surface area contributed by atoms with E-state index < -0.39 is 12.1 Å². The molecule has 0 aromatic heterocycles. The molecule has 1 aliphatic rings. The molecule has 1 fully saturated rings. The number of carbonyl (C=O) groups excluding carboxylic acids is 3. The van der Waals surface area contributed by atoms with Crippen LogP contribution in [0.25, 0.3) is 0 Å². The van der Waals surface area contributed by atoms with E-state index in [1.54, 1.807) is 31.2 Å². The van der Waals surface area contributed by atoms with Crippen LogP contribution in [0, 0.1) is 5.92 Å². The van der Waals surface area contributed by atoms with Crippen molar-refractivity contribution in [2.24, 2.45) is 5.92 Å². The lowest BCUT2D eigenvalue weighted by atomic mass is 10.2. The number of imide groups is 1. The van der Waals surface area contributed by atoms with E-state index in [9.17, 15) is 14.4 Å². The predicted molar refractivity (Wildman–Crippen MR) is 83.3 cm³/mol. The van der Waals surface area contributed by atoms with Crippen LogP contribution < -0.4 is 10.2 Å². The second kappa shape index (κ2) is 6.60. The molecule has 2 rings (SSSR count). The SMILES string of the molecule is CC(C)CNC(=O)CN1C(=O)C(C)N(c2ccccc2)C1=O. The molecule has 6 heteroatoms. The third-order valence-electron chi connectivity index (χ3n) is 3.49. The van der Waals surface area contributed by atoms with E-state index in [4.69, 9.17) is 0 Å². The summed E-state index contributed by atoms with van der Waals surface area (Å²) in [6.07, 6.45) is 0. The molecular formula is C16H21N3O3. The first-order valence-electron chi connectivity index (χ1n) is 7.38. The van der Waals surface area contributed by atoms with Gasteiger partial charge >= 0.3 is 6.03 Å². The molecule has 0 aliphatic carbocycles. The van der Waals surface area contributed by atoms with Crippen molar-refractivity contribution in [3.63, 3.8) is 0 Å². The topological polar surface area (TPSA) is 69.7 Å². The number of urea groups is 1. The quantitative estimate of drug-likeness (QED) is 0.840. The highest BCUT2D eigenvalue weighted by Gasteiger charge is 2.43. The molecule has 1 N–H and O–H groups in total. The number of hydrogen-bond acceptors (Lipinski definition) is 3. The van der Waals surface area contributed by atoms with Crippen LogP contribution in [-0.2, 0) is 9.59 Å². The van der Waals surface area contributed by atoms with Gasteiger partial charge in [0, 0.05) is 12.2 Å². The lowest BCUT2D eigenvalue weighted by Gasteiger charge is -2.19. The Kier molecular flexibility index (Phi) is 4.80. The smallest absolute Gasteiger partial charge is 0.332 e. The number of nitrogens with one attached hydrogen (secondary N) is 1. The Labute approximate surface area is 130 Å². The average Bonchev–Trinajstić information content (AvgIpc) is 2.70. The van der Waals surface area contributed by atoms with Gasteiger partial charge in [-0.25, -0.2) is 4.79 Å². The van der Waals surface area contributed by atoms with Crippen molar-refractivity contribution in [3.05, 3.63) is 30.3 Å². The van der Waals surface area contributed by atoms with Crippen molar-refractivity contribution in [3.8, 4) is 0 Å². The average molecular weight is 303 g/mol. The fourth-order valence-corrected chi connectivity index (χ4v) is 2.31. The van der Waals surface area contributed by atoms with Gasteiger partial charge in [-0.15, -0.1) is 0 Å². The predicted octanol–water partition coefficient (Wildman–Crippen LogP) is 1.62. The molecule has 1 saturated heterocycles. The highest BCUT2D eigenvalue weighted by molar-refractivity contribution is 6.15. The first-order chi connectivity index (χ1) is 10.4. The zero-order valence-corrected chi connectivity index (χ0v) is 13.1. The minimum atomic E-state index is -0.604. The van der Waals surface area contributed by atoms with Crippen LogP contribution in [-0.4, -0.2) is 41.9 Å². The Morgan fingerprint density at radius 1 is 1.23 bits per heavy atom. The molecule has 0 saturated carbocycles. The fraction of sp³-hybridized carbons (Fsp3) is 0.438. The summed E-state index contributed by atoms with van der Waals surface area (Å²) in [5.41, 5.74) is 0.651. The van der Waals surface area contributed by atoms with Gasteiger partial charge in [0.25, 0.3) is 5.91 Å². The lowest BCUT2D eigenvalue weighted by molar-refractivity contribution is -0.131. The number of para-hydroxylation sites is 1. The summed E-state index contributed by atoms with van der Waals surface area (Å²) < 4.78 is 0. The molecule has 1 atom stereocenters. The molecule has 1 heterocycles. The number of anilines is 1. The molecule has 1 aromatic rings. The van der Waals surface area contributed by atoms with Gasteiger partial charge in [0.1, 0.15) is 12.6 Å². The second-order valence-electron chi connectivity index (χ2n) is 5.79. The number of carbonyl (C=O) groups is 3. The van der Waals surface area contributed by atoms with Crippen molar-refractivity contribution < 1.29 is 14.4 Å². The van der Waals surface area contributed by atoms with Gasteiger partial charge in [-0.3, -0.25) is 19.4 Å². The van der Waals surface area contributed by atoms with Gasteiger partial charge in [0.2, 0.25) is 5.91 Å². The van der Waals surface area contributed by atoms with Crippen LogP contribution in [0.4, 0.5) is 10.5 Å². The summed E-state index contributed by atoms with van der Waals surface area (Å²) in [7, 11) is 0. The Hall–Kier alpha value is -2.37. The molecule has 0 spiro atoms. The first kappa shape index (κ1) is 16.0. The second-order valence-corrected chi connectivity index (χ2v) is 5.79. The maximum absolute atomic E-state index is 12.5. The van der Waals surface area contributed by atoms with Crippen molar-refractivity contribution >= 4 is 23.5 Å². The molecule has 6 nitrogen and oxygen atoms in total. The number of rotatable bonds is 5. The molecule has 1 aromatic carbocycles.